The molecule has 3 atom stereocenters. The van der Waals surface area contributed by atoms with E-state index in [4.69, 9.17) is 0 Å². The van der Waals surface area contributed by atoms with Crippen molar-refractivity contribution < 1.29 is 35.7 Å². The monoisotopic (exact) mass is 470 g/mol. The number of pyridine rings is 1. The fraction of sp³-hybridized carbons (Fsp3) is 0.643. The van der Waals surface area contributed by atoms with E-state index < -0.39 is 51.0 Å². The number of aliphatic hydroxyl groups excluding tert-OH is 1. The van der Waals surface area contributed by atoms with Gasteiger partial charge < -0.3 is 5.11 Å². The first-order valence-electron chi connectivity index (χ1n) is 7.09. The summed E-state index contributed by atoms with van der Waals surface area (Å²) in [4.78, 5) is 3.50. The van der Waals surface area contributed by atoms with Crippen molar-refractivity contribution >= 4 is 26.9 Å². The van der Waals surface area contributed by atoms with Crippen molar-refractivity contribution in [2.75, 3.05) is 0 Å². The number of halogens is 7. The zero-order valence-electron chi connectivity index (χ0n) is 14.1. The summed E-state index contributed by atoms with van der Waals surface area (Å²) in [6.07, 6.45) is -9.86. The van der Waals surface area contributed by atoms with Crippen molar-refractivity contribution in [3.05, 3.63) is 28.2 Å². The van der Waals surface area contributed by atoms with E-state index in [1.54, 1.807) is 0 Å². The zero-order valence-corrected chi connectivity index (χ0v) is 16.5. The average molecular weight is 471 g/mol. The average Bonchev–Trinajstić information content (AvgIpc) is 2.46. The predicted molar refractivity (Wildman–Crippen MR) is 87.3 cm³/mol. The molecule has 26 heavy (non-hydrogen) atoms. The molecule has 1 aromatic rings. The highest BCUT2D eigenvalue weighted by Gasteiger charge is 2.66. The second kappa shape index (κ2) is 7.36. The van der Waals surface area contributed by atoms with Crippen molar-refractivity contribution in [1.29, 1.82) is 0 Å². The van der Waals surface area contributed by atoms with Crippen LogP contribution in [0, 0.1) is 5.82 Å². The Bertz CT molecular complexity index is 695. The predicted octanol–water partition coefficient (Wildman–Crippen LogP) is 3.81. The third-order valence-corrected chi connectivity index (χ3v) is 5.61. The highest BCUT2D eigenvalue weighted by atomic mass is 79.9. The van der Waals surface area contributed by atoms with E-state index >= 15 is 0 Å². The number of nitrogens with one attached hydrogen (secondary N) is 1. The minimum Gasteiger partial charge on any atom is -0.379 e. The molecular formula is C14H17BrF6N2O2S. The Balaban J connectivity index is 3.67. The van der Waals surface area contributed by atoms with E-state index in [2.05, 4.69) is 20.9 Å². The summed E-state index contributed by atoms with van der Waals surface area (Å²) in [5, 5.41) is 9.21. The Morgan fingerprint density at radius 1 is 1.15 bits per heavy atom. The van der Waals surface area contributed by atoms with Gasteiger partial charge in [-0.15, -0.1) is 0 Å². The molecule has 0 radical (unpaired) electrons. The van der Waals surface area contributed by atoms with Crippen molar-refractivity contribution in [3.8, 4) is 0 Å². The molecule has 0 aliphatic heterocycles. The molecule has 0 spiro atoms. The van der Waals surface area contributed by atoms with Crippen LogP contribution in [-0.4, -0.2) is 37.2 Å². The lowest BCUT2D eigenvalue weighted by molar-refractivity contribution is -0.288. The molecule has 0 bridgehead atoms. The van der Waals surface area contributed by atoms with Gasteiger partial charge in [-0.25, -0.2) is 27.1 Å². The molecule has 0 amide bonds. The smallest absolute Gasteiger partial charge is 0.379 e. The van der Waals surface area contributed by atoms with Crippen LogP contribution in [-0.2, 0) is 16.5 Å². The van der Waals surface area contributed by atoms with Crippen LogP contribution in [0.1, 0.15) is 33.4 Å². The molecule has 2 N–H and O–H groups in total. The van der Waals surface area contributed by atoms with Crippen molar-refractivity contribution in [1.82, 2.24) is 9.71 Å². The molecule has 1 aromatic heterocycles. The maximum Gasteiger partial charge on any atom is 0.420 e. The topological polar surface area (TPSA) is 62.2 Å². The molecule has 4 nitrogen and oxygen atoms in total. The van der Waals surface area contributed by atoms with Gasteiger partial charge in [0.25, 0.3) is 0 Å². The summed E-state index contributed by atoms with van der Waals surface area (Å²) in [6.45, 7) is 4.63. The van der Waals surface area contributed by atoms with Crippen LogP contribution < -0.4 is 4.72 Å². The van der Waals surface area contributed by atoms with Crippen LogP contribution >= 0.6 is 15.9 Å². The lowest BCUT2D eigenvalue weighted by Gasteiger charge is -2.41. The van der Waals surface area contributed by atoms with Gasteiger partial charge in [-0.05, 0) is 55.8 Å². The van der Waals surface area contributed by atoms with Gasteiger partial charge in [-0.3, -0.25) is 0 Å². The Kier molecular flexibility index (Phi) is 6.60. The summed E-state index contributed by atoms with van der Waals surface area (Å²) < 4.78 is 94.8. The first kappa shape index (κ1) is 23.3. The van der Waals surface area contributed by atoms with E-state index in [1.165, 1.54) is 20.8 Å². The number of rotatable bonds is 5. The van der Waals surface area contributed by atoms with Crippen LogP contribution in [0.15, 0.2) is 16.7 Å². The van der Waals surface area contributed by atoms with E-state index in [-0.39, 0.29) is 4.60 Å². The molecule has 0 aliphatic rings. The molecule has 0 saturated carbocycles. The maximum atomic E-state index is 14.7. The second-order valence-electron chi connectivity index (χ2n) is 6.64. The van der Waals surface area contributed by atoms with Crippen molar-refractivity contribution in [3.63, 3.8) is 0 Å². The van der Waals surface area contributed by atoms with Gasteiger partial charge in [0.2, 0.25) is 6.10 Å². The molecule has 0 saturated heterocycles. The highest BCUT2D eigenvalue weighted by molar-refractivity contribution is 9.10. The normalized spacial score (nSPS) is 18.3. The Labute approximate surface area is 157 Å². The van der Waals surface area contributed by atoms with Gasteiger partial charge in [-0.2, -0.15) is 13.2 Å². The van der Waals surface area contributed by atoms with Gasteiger partial charge >= 0.3 is 12.1 Å². The first-order valence-corrected chi connectivity index (χ1v) is 9.03. The molecule has 12 heteroatoms. The number of aliphatic hydroxyl groups is 1. The van der Waals surface area contributed by atoms with Gasteiger partial charge in [-0.1, -0.05) is 0 Å². The van der Waals surface area contributed by atoms with Crippen LogP contribution in [0.5, 0.6) is 0 Å². The summed E-state index contributed by atoms with van der Waals surface area (Å²) >= 11 is 2.83. The van der Waals surface area contributed by atoms with Crippen molar-refractivity contribution in [2.24, 2.45) is 0 Å². The Morgan fingerprint density at radius 2 is 1.65 bits per heavy atom. The fourth-order valence-electron chi connectivity index (χ4n) is 1.86. The van der Waals surface area contributed by atoms with E-state index in [0.717, 1.165) is 6.07 Å². The number of aromatic nitrogens is 1. The largest absolute Gasteiger partial charge is 0.420 e. The molecule has 0 unspecified atom stereocenters. The molecule has 0 fully saturated rings. The highest BCUT2D eigenvalue weighted by Crippen LogP contribution is 2.45. The maximum absolute atomic E-state index is 14.7. The zero-order chi connectivity index (χ0) is 20.7. The molecule has 0 aliphatic carbocycles. The standard InChI is InChI=1S/C14H17BrF6N2O2S/c1-11(2,3)26(25)23-12(4,9-7(16)5-6-8(15)22-9)13(17,18)10(24)14(19,20)21/h5-6,10,23-24H,1-4H3/t10-,12-,26-/m1/s1. The van der Waals surface area contributed by atoms with Gasteiger partial charge in [0.05, 0.1) is 15.7 Å². The van der Waals surface area contributed by atoms with Crippen LogP contribution in [0.25, 0.3) is 0 Å². The fourth-order valence-corrected chi connectivity index (χ4v) is 3.08. The minimum absolute atomic E-state index is 0.138. The number of hydrogen-bond acceptors (Lipinski definition) is 3. The van der Waals surface area contributed by atoms with Crippen LogP contribution in [0.4, 0.5) is 26.3 Å². The molecular weight excluding hydrogens is 454 g/mol. The lowest BCUT2D eigenvalue weighted by atomic mass is 9.86. The summed E-state index contributed by atoms with van der Waals surface area (Å²) in [5.74, 6) is -6.37. The van der Waals surface area contributed by atoms with Crippen LogP contribution in [0.2, 0.25) is 0 Å². The SMILES string of the molecule is CC(C)(C)[S@@](=O)N[C@](C)(c1nc(Br)ccc1F)C(F)(F)[C@@H](O)C(F)(F)F. The molecule has 1 heterocycles. The Morgan fingerprint density at radius 3 is 2.08 bits per heavy atom. The third kappa shape index (κ3) is 4.57. The number of alkyl halides is 5. The lowest BCUT2D eigenvalue weighted by Crippen LogP contribution is -2.64. The summed E-state index contributed by atoms with van der Waals surface area (Å²) in [7, 11) is -2.34. The van der Waals surface area contributed by atoms with E-state index in [0.29, 0.717) is 13.0 Å². The van der Waals surface area contributed by atoms with Gasteiger partial charge in [0, 0.05) is 0 Å². The first-order chi connectivity index (χ1) is 11.4. The van der Waals surface area contributed by atoms with E-state index in [9.17, 15) is 35.7 Å². The molecule has 150 valence electrons. The third-order valence-electron chi connectivity index (χ3n) is 3.46. The van der Waals surface area contributed by atoms with E-state index in [1.807, 2.05) is 4.72 Å². The van der Waals surface area contributed by atoms with Gasteiger partial charge in [0.15, 0.2) is 0 Å². The number of nitrogens with zero attached hydrogens (tertiary/aromatic N) is 1. The Hall–Kier alpha value is -0.720. The molecule has 1 rings (SSSR count). The van der Waals surface area contributed by atoms with Gasteiger partial charge in [0.1, 0.15) is 21.7 Å². The van der Waals surface area contributed by atoms with Crippen LogP contribution in [0.3, 0.4) is 0 Å². The molecule has 0 aromatic carbocycles. The summed E-state index contributed by atoms with van der Waals surface area (Å²) in [5.41, 5.74) is -4.37. The van der Waals surface area contributed by atoms with Crippen molar-refractivity contribution in [2.45, 2.75) is 56.2 Å². The summed E-state index contributed by atoms with van der Waals surface area (Å²) in [6, 6.07) is 1.76. The number of hydrogen-bond donors (Lipinski definition) is 2. The minimum atomic E-state index is -5.71. The quantitative estimate of drug-likeness (QED) is 0.508. The second-order valence-corrected chi connectivity index (χ2v) is 9.42.